The summed E-state index contributed by atoms with van der Waals surface area (Å²) >= 11 is 0. The second kappa shape index (κ2) is 23.1. The molecule has 2 aliphatic rings. The summed E-state index contributed by atoms with van der Waals surface area (Å²) < 4.78 is 34.0. The second-order valence-corrected chi connectivity index (χ2v) is 8.50. The van der Waals surface area contributed by atoms with Gasteiger partial charge in [-0.1, -0.05) is 126 Å². The Morgan fingerprint density at radius 2 is 1.23 bits per heavy atom. The number of halogens is 1. The summed E-state index contributed by atoms with van der Waals surface area (Å²) in [6, 6.07) is 10.1. The Labute approximate surface area is 210 Å². The average molecular weight is 535 g/mol. The molecule has 0 spiro atoms. The fourth-order valence-electron chi connectivity index (χ4n) is 3.27. The van der Waals surface area contributed by atoms with E-state index in [2.05, 4.69) is 13.0 Å². The van der Waals surface area contributed by atoms with Crippen molar-refractivity contribution in [3.63, 3.8) is 0 Å². The number of unbranched alkanes of at least 4 members (excludes halogenated alkanes) is 2. The predicted molar refractivity (Wildman–Crippen MR) is 111 cm³/mol. The van der Waals surface area contributed by atoms with Crippen molar-refractivity contribution >= 4 is 0 Å². The molecule has 0 radical (unpaired) electrons. The summed E-state index contributed by atoms with van der Waals surface area (Å²) in [4.78, 5) is 0. The van der Waals surface area contributed by atoms with Crippen molar-refractivity contribution < 1.29 is 60.2 Å². The zero-order valence-electron chi connectivity index (χ0n) is 19.0. The molecule has 1 atom stereocenters. The molecule has 1 aromatic carbocycles. The van der Waals surface area contributed by atoms with Crippen molar-refractivity contribution in [2.24, 2.45) is 0 Å². The fraction of sp³-hybridized carbons (Fsp3) is 0.667. The van der Waals surface area contributed by atoms with Gasteiger partial charge in [-0.2, -0.15) is 0 Å². The Morgan fingerprint density at radius 3 is 1.58 bits per heavy atom. The number of benzene rings is 1. The first-order valence-corrected chi connectivity index (χ1v) is 12.6. The van der Waals surface area contributed by atoms with Gasteiger partial charge in [-0.05, 0) is 12.0 Å². The van der Waals surface area contributed by atoms with Crippen LogP contribution in [0.3, 0.4) is 0 Å². The third-order valence-corrected chi connectivity index (χ3v) is 4.87. The molecule has 0 aromatic heterocycles. The zero-order valence-corrected chi connectivity index (χ0v) is 22.2. The molecular weight excluding hydrogens is 495 g/mol. The Hall–Kier alpha value is -0.0669. The molecule has 1 unspecified atom stereocenters. The van der Waals surface area contributed by atoms with Crippen LogP contribution in [0.2, 0.25) is 0 Å². The molecule has 0 bridgehead atoms. The predicted octanol–water partition coefficient (Wildman–Crippen LogP) is 2.48. The van der Waals surface area contributed by atoms with Gasteiger partial charge in [0.1, 0.15) is 0 Å². The van der Waals surface area contributed by atoms with Gasteiger partial charge in [0.05, 0.1) is 6.10 Å². The number of aliphatic hydroxyl groups is 1. The number of rotatable bonds is 6. The maximum Gasteiger partial charge on any atom is 0.0761 e. The van der Waals surface area contributed by atoms with Crippen LogP contribution in [-0.4, -0.2) is 11.2 Å². The Kier molecular flexibility index (Phi) is 24.7. The van der Waals surface area contributed by atoms with Crippen LogP contribution in [0.25, 0.3) is 0 Å². The van der Waals surface area contributed by atoms with E-state index in [4.69, 9.17) is 18.6 Å². The largest absolute Gasteiger partial charge is 0.389 e. The molecule has 0 amide bonds. The van der Waals surface area contributed by atoms with Gasteiger partial charge in [-0.3, -0.25) is 0 Å². The molecule has 3 rings (SSSR count). The average Bonchev–Trinajstić information content (AvgIpc) is 3.44. The van der Waals surface area contributed by atoms with Gasteiger partial charge < -0.3 is 5.11 Å². The topological polar surface area (TPSA) is 112 Å². The molecule has 0 saturated heterocycles. The molecule has 0 aliphatic heterocycles. The molecular formula is C24H40ClO5Zr-. The quantitative estimate of drug-likeness (QED) is 0.445. The van der Waals surface area contributed by atoms with E-state index in [0.29, 0.717) is 6.42 Å². The Balaban J connectivity index is 0. The molecule has 0 heterocycles. The van der Waals surface area contributed by atoms with Gasteiger partial charge in [0.15, 0.2) is 0 Å². The van der Waals surface area contributed by atoms with E-state index < -0.39 is 10.2 Å². The standard InChI is InChI=1S/C14H20O.2C5H10.ClHO4.Zr/c1-2-3-4-8-11-14(15)12-13-9-6-5-7-10-13;2*1-2-4-5-3-1;2-1(3,4)5;/h5-11,14-15H,2-4,12H2,1H3;2*1-5H2;(H,2,3,4,5);/p-1/b11-8+;;;;. The summed E-state index contributed by atoms with van der Waals surface area (Å²) in [5, 5.41) is 9.72. The minimum absolute atomic E-state index is 0. The second-order valence-electron chi connectivity index (χ2n) is 7.74. The van der Waals surface area contributed by atoms with Gasteiger partial charge in [0, 0.05) is 32.6 Å². The van der Waals surface area contributed by atoms with Crippen LogP contribution in [0.5, 0.6) is 0 Å². The van der Waals surface area contributed by atoms with E-state index >= 15 is 0 Å². The molecule has 178 valence electrons. The molecule has 2 aliphatic carbocycles. The fourth-order valence-corrected chi connectivity index (χ4v) is 3.27. The molecule has 2 saturated carbocycles. The molecule has 1 aromatic rings. The van der Waals surface area contributed by atoms with E-state index in [-0.39, 0.29) is 32.3 Å². The van der Waals surface area contributed by atoms with Crippen molar-refractivity contribution in [1.29, 1.82) is 0 Å². The van der Waals surface area contributed by atoms with Crippen molar-refractivity contribution in [2.45, 2.75) is 103 Å². The minimum Gasteiger partial charge on any atom is -0.389 e. The van der Waals surface area contributed by atoms with Crippen molar-refractivity contribution in [2.75, 3.05) is 0 Å². The summed E-state index contributed by atoms with van der Waals surface area (Å²) in [5.74, 6) is 0. The third kappa shape index (κ3) is 29.9. The van der Waals surface area contributed by atoms with Crippen LogP contribution < -0.4 is 18.6 Å². The van der Waals surface area contributed by atoms with E-state index in [1.807, 2.05) is 36.4 Å². The van der Waals surface area contributed by atoms with Gasteiger partial charge in [0.25, 0.3) is 0 Å². The SMILES string of the molecule is C1CCCC1.C1CCCC1.CCCC/C=C/C(O)Cc1ccccc1.[O-][Cl+3]([O-])([O-])[O-].[Zr]. The van der Waals surface area contributed by atoms with Gasteiger partial charge in [-0.15, -0.1) is 10.2 Å². The maximum absolute atomic E-state index is 9.72. The Morgan fingerprint density at radius 1 is 0.839 bits per heavy atom. The molecule has 2 fully saturated rings. The number of hydrogen-bond donors (Lipinski definition) is 1. The Bertz CT molecular complexity index is 469. The monoisotopic (exact) mass is 533 g/mol. The van der Waals surface area contributed by atoms with Crippen LogP contribution in [0, 0.1) is 10.2 Å². The normalized spacial score (nSPS) is 16.1. The number of allylic oxidation sites excluding steroid dienone is 1. The summed E-state index contributed by atoms with van der Waals surface area (Å²) in [7, 11) is -4.94. The van der Waals surface area contributed by atoms with Crippen LogP contribution >= 0.6 is 0 Å². The summed E-state index contributed by atoms with van der Waals surface area (Å²) in [6.07, 6.45) is 22.8. The van der Waals surface area contributed by atoms with Gasteiger partial charge >= 0.3 is 0 Å². The van der Waals surface area contributed by atoms with Crippen LogP contribution in [0.15, 0.2) is 42.5 Å². The van der Waals surface area contributed by atoms with E-state index in [1.54, 1.807) is 0 Å². The van der Waals surface area contributed by atoms with Crippen LogP contribution in [-0.2, 0) is 32.6 Å². The van der Waals surface area contributed by atoms with Gasteiger partial charge in [0.2, 0.25) is 0 Å². The zero-order chi connectivity index (χ0) is 22.5. The van der Waals surface area contributed by atoms with E-state index in [1.165, 1.54) is 82.6 Å². The maximum atomic E-state index is 9.72. The van der Waals surface area contributed by atoms with Crippen molar-refractivity contribution in [3.8, 4) is 0 Å². The van der Waals surface area contributed by atoms with Gasteiger partial charge in [-0.25, -0.2) is 18.6 Å². The first kappa shape index (κ1) is 33.1. The van der Waals surface area contributed by atoms with Crippen LogP contribution in [0.1, 0.15) is 96.0 Å². The van der Waals surface area contributed by atoms with Crippen molar-refractivity contribution in [3.05, 3.63) is 48.0 Å². The number of hydrogen-bond acceptors (Lipinski definition) is 5. The molecule has 7 heteroatoms. The van der Waals surface area contributed by atoms with Crippen molar-refractivity contribution in [1.82, 2.24) is 0 Å². The minimum atomic E-state index is -4.94. The van der Waals surface area contributed by atoms with E-state index in [0.717, 1.165) is 6.42 Å². The number of aliphatic hydroxyl groups excluding tert-OH is 1. The van der Waals surface area contributed by atoms with Crippen LogP contribution in [0.4, 0.5) is 0 Å². The third-order valence-electron chi connectivity index (χ3n) is 4.87. The smallest absolute Gasteiger partial charge is 0.0761 e. The van der Waals surface area contributed by atoms with E-state index in [9.17, 15) is 5.11 Å². The molecule has 31 heavy (non-hydrogen) atoms. The first-order valence-electron chi connectivity index (χ1n) is 11.3. The summed E-state index contributed by atoms with van der Waals surface area (Å²) in [5.41, 5.74) is 1.19. The summed E-state index contributed by atoms with van der Waals surface area (Å²) in [6.45, 7) is 2.17. The first-order chi connectivity index (χ1) is 14.3. The molecule has 5 nitrogen and oxygen atoms in total. The molecule has 1 N–H and O–H groups in total.